The summed E-state index contributed by atoms with van der Waals surface area (Å²) in [5.41, 5.74) is 1.33. The highest BCUT2D eigenvalue weighted by atomic mass is 79.9. The van der Waals surface area contributed by atoms with Crippen LogP contribution in [0.2, 0.25) is 0 Å². The van der Waals surface area contributed by atoms with Gasteiger partial charge in [-0.25, -0.2) is 13.1 Å². The molecule has 0 aliphatic carbocycles. The number of sulfonamides is 1. The summed E-state index contributed by atoms with van der Waals surface area (Å²) < 4.78 is 27.9. The van der Waals surface area contributed by atoms with Crippen LogP contribution >= 0.6 is 15.9 Å². The van der Waals surface area contributed by atoms with Gasteiger partial charge in [-0.15, -0.1) is 0 Å². The Morgan fingerprint density at radius 3 is 2.24 bits per heavy atom. The summed E-state index contributed by atoms with van der Waals surface area (Å²) in [5, 5.41) is 2.89. The lowest BCUT2D eigenvalue weighted by atomic mass is 10.1. The van der Waals surface area contributed by atoms with Crippen LogP contribution in [0.5, 0.6) is 0 Å². The molecule has 134 valence electrons. The highest BCUT2D eigenvalue weighted by molar-refractivity contribution is 9.10. The van der Waals surface area contributed by atoms with Crippen LogP contribution in [-0.4, -0.2) is 20.4 Å². The van der Waals surface area contributed by atoms with Crippen molar-refractivity contribution in [3.63, 3.8) is 0 Å². The Hall–Kier alpha value is -1.70. The van der Waals surface area contributed by atoms with Gasteiger partial charge in [0.2, 0.25) is 10.0 Å². The first-order valence-electron chi connectivity index (χ1n) is 7.97. The number of carbonyl (C=O) groups excluding carboxylic acids is 1. The van der Waals surface area contributed by atoms with E-state index in [4.69, 9.17) is 0 Å². The summed E-state index contributed by atoms with van der Waals surface area (Å²) in [4.78, 5) is 12.2. The zero-order valence-corrected chi connectivity index (χ0v) is 16.5. The SMILES string of the molecule is CCC(C)NC(=O)c1ccc(CNS(=O)(=O)c2ccc(Br)cc2)cc1. The maximum absolute atomic E-state index is 12.3. The molecule has 25 heavy (non-hydrogen) atoms. The summed E-state index contributed by atoms with van der Waals surface area (Å²) in [6.45, 7) is 4.11. The molecule has 2 aromatic carbocycles. The Balaban J connectivity index is 1.99. The van der Waals surface area contributed by atoms with E-state index in [1.54, 1.807) is 36.4 Å². The molecule has 7 heteroatoms. The van der Waals surface area contributed by atoms with Crippen molar-refractivity contribution >= 4 is 31.9 Å². The average molecular weight is 425 g/mol. The number of hydrogen-bond acceptors (Lipinski definition) is 3. The highest BCUT2D eigenvalue weighted by Gasteiger charge is 2.14. The lowest BCUT2D eigenvalue weighted by Crippen LogP contribution is -2.31. The normalized spacial score (nSPS) is 12.6. The van der Waals surface area contributed by atoms with Gasteiger partial charge in [-0.05, 0) is 55.3 Å². The van der Waals surface area contributed by atoms with Crippen molar-refractivity contribution in [1.82, 2.24) is 10.0 Å². The van der Waals surface area contributed by atoms with Crippen LogP contribution in [0, 0.1) is 0 Å². The number of benzene rings is 2. The maximum atomic E-state index is 12.3. The van der Waals surface area contributed by atoms with Crippen LogP contribution in [0.3, 0.4) is 0 Å². The first kappa shape index (κ1) is 19.6. The maximum Gasteiger partial charge on any atom is 0.251 e. The quantitative estimate of drug-likeness (QED) is 0.714. The third-order valence-corrected chi connectivity index (χ3v) is 5.74. The summed E-state index contributed by atoms with van der Waals surface area (Å²) in [5.74, 6) is -0.128. The second-order valence-corrected chi connectivity index (χ2v) is 8.44. The molecular weight excluding hydrogens is 404 g/mol. The minimum absolute atomic E-state index is 0.116. The number of rotatable bonds is 7. The van der Waals surface area contributed by atoms with E-state index in [2.05, 4.69) is 26.0 Å². The number of halogens is 1. The van der Waals surface area contributed by atoms with Gasteiger partial charge in [-0.3, -0.25) is 4.79 Å². The molecule has 0 radical (unpaired) electrons. The van der Waals surface area contributed by atoms with Gasteiger partial charge in [0, 0.05) is 22.6 Å². The van der Waals surface area contributed by atoms with E-state index in [9.17, 15) is 13.2 Å². The molecule has 0 saturated heterocycles. The zero-order chi connectivity index (χ0) is 18.4. The van der Waals surface area contributed by atoms with E-state index in [-0.39, 0.29) is 23.4 Å². The predicted molar refractivity (Wildman–Crippen MR) is 102 cm³/mol. The van der Waals surface area contributed by atoms with E-state index >= 15 is 0 Å². The third kappa shape index (κ3) is 5.66. The smallest absolute Gasteiger partial charge is 0.251 e. The van der Waals surface area contributed by atoms with Gasteiger partial charge < -0.3 is 5.32 Å². The molecule has 0 aliphatic heterocycles. The molecule has 1 atom stereocenters. The van der Waals surface area contributed by atoms with Crippen LogP contribution in [0.4, 0.5) is 0 Å². The largest absolute Gasteiger partial charge is 0.350 e. The molecule has 5 nitrogen and oxygen atoms in total. The average Bonchev–Trinajstić information content (AvgIpc) is 2.60. The first-order chi connectivity index (χ1) is 11.8. The summed E-state index contributed by atoms with van der Waals surface area (Å²) in [6, 6.07) is 13.4. The van der Waals surface area contributed by atoms with Crippen LogP contribution in [0.15, 0.2) is 57.9 Å². The van der Waals surface area contributed by atoms with Gasteiger partial charge in [0.25, 0.3) is 5.91 Å². The summed E-state index contributed by atoms with van der Waals surface area (Å²) in [6.07, 6.45) is 0.863. The minimum Gasteiger partial charge on any atom is -0.350 e. The molecule has 0 fully saturated rings. The van der Waals surface area contributed by atoms with Gasteiger partial charge in [0.1, 0.15) is 0 Å². The van der Waals surface area contributed by atoms with Crippen LogP contribution < -0.4 is 10.0 Å². The molecule has 0 aliphatic rings. The molecule has 1 unspecified atom stereocenters. The second kappa shape index (κ2) is 8.60. The predicted octanol–water partition coefficient (Wildman–Crippen LogP) is 3.46. The Morgan fingerprint density at radius 2 is 1.68 bits per heavy atom. The Labute approximate surface area is 157 Å². The van der Waals surface area contributed by atoms with Crippen molar-refractivity contribution in [3.8, 4) is 0 Å². The zero-order valence-electron chi connectivity index (χ0n) is 14.1. The van der Waals surface area contributed by atoms with E-state index in [1.807, 2.05) is 13.8 Å². The molecular formula is C18H21BrN2O3S. The number of carbonyl (C=O) groups is 1. The van der Waals surface area contributed by atoms with Crippen molar-refractivity contribution in [1.29, 1.82) is 0 Å². The first-order valence-corrected chi connectivity index (χ1v) is 10.2. The van der Waals surface area contributed by atoms with Crippen molar-refractivity contribution in [2.45, 2.75) is 37.8 Å². The second-order valence-electron chi connectivity index (χ2n) is 5.76. The summed E-state index contributed by atoms with van der Waals surface area (Å²) >= 11 is 3.28. The lowest BCUT2D eigenvalue weighted by molar-refractivity contribution is 0.0939. The Kier molecular flexibility index (Phi) is 6.75. The van der Waals surface area contributed by atoms with Crippen molar-refractivity contribution in [2.75, 3.05) is 0 Å². The Morgan fingerprint density at radius 1 is 1.08 bits per heavy atom. The number of nitrogens with one attached hydrogen (secondary N) is 2. The van der Waals surface area contributed by atoms with Crippen molar-refractivity contribution in [3.05, 3.63) is 64.1 Å². The van der Waals surface area contributed by atoms with Gasteiger partial charge in [0.15, 0.2) is 0 Å². The van der Waals surface area contributed by atoms with Gasteiger partial charge in [-0.2, -0.15) is 0 Å². The monoisotopic (exact) mass is 424 g/mol. The van der Waals surface area contributed by atoms with E-state index in [0.29, 0.717) is 5.56 Å². The van der Waals surface area contributed by atoms with E-state index in [1.165, 1.54) is 12.1 Å². The molecule has 1 amide bonds. The molecule has 2 N–H and O–H groups in total. The van der Waals surface area contributed by atoms with Gasteiger partial charge >= 0.3 is 0 Å². The standard InChI is InChI=1S/C18H21BrN2O3S/c1-3-13(2)21-18(22)15-6-4-14(5-7-15)12-20-25(23,24)17-10-8-16(19)9-11-17/h4-11,13,20H,3,12H2,1-2H3,(H,21,22). The van der Waals surface area contributed by atoms with Crippen molar-refractivity contribution in [2.24, 2.45) is 0 Å². The summed E-state index contributed by atoms with van der Waals surface area (Å²) in [7, 11) is -3.57. The number of amides is 1. The van der Waals surface area contributed by atoms with E-state index < -0.39 is 10.0 Å². The lowest BCUT2D eigenvalue weighted by Gasteiger charge is -2.12. The van der Waals surface area contributed by atoms with E-state index in [0.717, 1.165) is 16.5 Å². The molecule has 2 rings (SSSR count). The molecule has 0 saturated carbocycles. The van der Waals surface area contributed by atoms with Gasteiger partial charge in [0.05, 0.1) is 4.90 Å². The molecule has 0 heterocycles. The molecule has 0 aromatic heterocycles. The highest BCUT2D eigenvalue weighted by Crippen LogP contribution is 2.15. The fourth-order valence-electron chi connectivity index (χ4n) is 2.06. The topological polar surface area (TPSA) is 75.3 Å². The molecule has 2 aromatic rings. The molecule has 0 bridgehead atoms. The van der Waals surface area contributed by atoms with Crippen LogP contribution in [-0.2, 0) is 16.6 Å². The fraction of sp³-hybridized carbons (Fsp3) is 0.278. The third-order valence-electron chi connectivity index (χ3n) is 3.80. The Bertz CT molecular complexity index is 818. The fourth-order valence-corrected chi connectivity index (χ4v) is 3.34. The minimum atomic E-state index is -3.57. The van der Waals surface area contributed by atoms with Crippen molar-refractivity contribution < 1.29 is 13.2 Å². The van der Waals surface area contributed by atoms with Crippen LogP contribution in [0.25, 0.3) is 0 Å². The molecule has 0 spiro atoms. The number of hydrogen-bond donors (Lipinski definition) is 2. The van der Waals surface area contributed by atoms with Crippen LogP contribution in [0.1, 0.15) is 36.2 Å². The van der Waals surface area contributed by atoms with Gasteiger partial charge in [-0.1, -0.05) is 35.0 Å².